The van der Waals surface area contributed by atoms with Gasteiger partial charge >= 0.3 is 6.03 Å². The van der Waals surface area contributed by atoms with Crippen LogP contribution in [0.25, 0.3) is 0 Å². The first-order chi connectivity index (χ1) is 12.8. The Hall–Kier alpha value is -3.15. The van der Waals surface area contributed by atoms with Crippen molar-refractivity contribution in [1.82, 2.24) is 9.80 Å². The van der Waals surface area contributed by atoms with Gasteiger partial charge in [-0.05, 0) is 25.5 Å². The van der Waals surface area contributed by atoms with Crippen molar-refractivity contribution in [2.24, 2.45) is 0 Å². The molecular formula is C21H22N2O4. The molecule has 1 heterocycles. The van der Waals surface area contributed by atoms with E-state index in [2.05, 4.69) is 0 Å². The lowest BCUT2D eigenvalue weighted by molar-refractivity contribution is -0.132. The number of urea groups is 1. The average Bonchev–Trinajstić information content (AvgIpc) is 2.84. The van der Waals surface area contributed by atoms with Crippen LogP contribution in [-0.4, -0.2) is 48.2 Å². The lowest BCUT2D eigenvalue weighted by atomic mass is 9.89. The molecule has 0 saturated carbocycles. The number of imide groups is 1. The summed E-state index contributed by atoms with van der Waals surface area (Å²) >= 11 is 0. The van der Waals surface area contributed by atoms with Crippen LogP contribution < -0.4 is 4.74 Å². The zero-order valence-electron chi connectivity index (χ0n) is 15.9. The lowest BCUT2D eigenvalue weighted by Gasteiger charge is -2.30. The van der Waals surface area contributed by atoms with Crippen LogP contribution in [0.5, 0.6) is 5.75 Å². The lowest BCUT2D eigenvalue weighted by Crippen LogP contribution is -2.42. The molecule has 2 aromatic carbocycles. The number of ketones is 1. The standard InChI is InChI=1S/C21H22N2O4/c1-14-10-11-16(18(12-14)27-4)21(2)19(25)23(20(26)22(21)3)13-17(24)15-8-6-5-7-9-15/h5-12H,13H2,1-4H3. The molecule has 1 aliphatic heterocycles. The summed E-state index contributed by atoms with van der Waals surface area (Å²) in [5, 5.41) is 0. The number of benzene rings is 2. The van der Waals surface area contributed by atoms with Gasteiger partial charge < -0.3 is 9.64 Å². The molecule has 27 heavy (non-hydrogen) atoms. The van der Waals surface area contributed by atoms with E-state index in [9.17, 15) is 14.4 Å². The molecule has 1 saturated heterocycles. The second-order valence-electron chi connectivity index (χ2n) is 6.80. The second kappa shape index (κ2) is 6.87. The van der Waals surface area contributed by atoms with Crippen LogP contribution in [0.3, 0.4) is 0 Å². The number of hydrogen-bond acceptors (Lipinski definition) is 4. The summed E-state index contributed by atoms with van der Waals surface area (Å²) in [6.07, 6.45) is 0. The van der Waals surface area contributed by atoms with Gasteiger partial charge in [-0.15, -0.1) is 0 Å². The molecule has 1 unspecified atom stereocenters. The number of carbonyl (C=O) groups excluding carboxylic acids is 3. The number of likely N-dealkylation sites (N-methyl/N-ethyl adjacent to an activating group) is 1. The van der Waals surface area contributed by atoms with Gasteiger partial charge in [0.1, 0.15) is 11.3 Å². The summed E-state index contributed by atoms with van der Waals surface area (Å²) < 4.78 is 5.45. The second-order valence-corrected chi connectivity index (χ2v) is 6.80. The summed E-state index contributed by atoms with van der Waals surface area (Å²) in [4.78, 5) is 40.9. The smallest absolute Gasteiger partial charge is 0.328 e. The number of Topliss-reactive ketones (excluding diaryl/α,β-unsaturated/α-hetero) is 1. The summed E-state index contributed by atoms with van der Waals surface area (Å²) in [7, 11) is 3.09. The average molecular weight is 366 g/mol. The maximum absolute atomic E-state index is 13.2. The fraction of sp³-hybridized carbons (Fsp3) is 0.286. The quantitative estimate of drug-likeness (QED) is 0.603. The number of methoxy groups -OCH3 is 1. The van der Waals surface area contributed by atoms with Crippen LogP contribution in [0.2, 0.25) is 0 Å². The summed E-state index contributed by atoms with van der Waals surface area (Å²) in [6.45, 7) is 3.30. The van der Waals surface area contributed by atoms with Gasteiger partial charge in [0, 0.05) is 18.2 Å². The molecule has 1 aliphatic rings. The molecule has 140 valence electrons. The maximum Gasteiger partial charge on any atom is 0.328 e. The normalized spacial score (nSPS) is 19.6. The molecule has 1 fully saturated rings. The van der Waals surface area contributed by atoms with Crippen molar-refractivity contribution < 1.29 is 19.1 Å². The Bertz CT molecular complexity index is 910. The van der Waals surface area contributed by atoms with E-state index in [1.54, 1.807) is 50.4 Å². The summed E-state index contributed by atoms with van der Waals surface area (Å²) in [5.74, 6) is -0.200. The molecule has 0 radical (unpaired) electrons. The van der Waals surface area contributed by atoms with Crippen molar-refractivity contribution in [3.63, 3.8) is 0 Å². The molecule has 1 atom stereocenters. The highest BCUT2D eigenvalue weighted by atomic mass is 16.5. The van der Waals surface area contributed by atoms with Crippen LogP contribution in [0, 0.1) is 6.92 Å². The number of nitrogens with zero attached hydrogens (tertiary/aromatic N) is 2. The fourth-order valence-corrected chi connectivity index (χ4v) is 3.36. The van der Waals surface area contributed by atoms with Gasteiger partial charge in [-0.3, -0.25) is 14.5 Å². The number of hydrogen-bond donors (Lipinski definition) is 0. The molecule has 0 aromatic heterocycles. The van der Waals surface area contributed by atoms with Crippen LogP contribution in [0.4, 0.5) is 4.79 Å². The molecule has 0 N–H and O–H groups in total. The Morgan fingerprint density at radius 3 is 2.41 bits per heavy atom. The first-order valence-electron chi connectivity index (χ1n) is 8.63. The predicted molar refractivity (Wildman–Crippen MR) is 101 cm³/mol. The highest BCUT2D eigenvalue weighted by Gasteiger charge is 2.55. The van der Waals surface area contributed by atoms with Gasteiger partial charge in [0.25, 0.3) is 5.91 Å². The predicted octanol–water partition coefficient (Wildman–Crippen LogP) is 3.00. The zero-order chi connectivity index (χ0) is 19.8. The Morgan fingerprint density at radius 1 is 1.11 bits per heavy atom. The van der Waals surface area contributed by atoms with Crippen molar-refractivity contribution in [2.45, 2.75) is 19.4 Å². The number of carbonyl (C=O) groups is 3. The molecule has 6 heteroatoms. The van der Waals surface area contributed by atoms with Crippen molar-refractivity contribution in [1.29, 1.82) is 0 Å². The Labute approximate surface area is 158 Å². The highest BCUT2D eigenvalue weighted by molar-refractivity contribution is 6.11. The van der Waals surface area contributed by atoms with E-state index in [0.29, 0.717) is 16.9 Å². The van der Waals surface area contributed by atoms with Crippen LogP contribution in [0.15, 0.2) is 48.5 Å². The minimum absolute atomic E-state index is 0.286. The van der Waals surface area contributed by atoms with Gasteiger partial charge in [-0.1, -0.05) is 42.5 Å². The van der Waals surface area contributed by atoms with Crippen molar-refractivity contribution >= 4 is 17.7 Å². The van der Waals surface area contributed by atoms with E-state index in [4.69, 9.17) is 4.74 Å². The van der Waals surface area contributed by atoms with Crippen LogP contribution in [0.1, 0.15) is 28.4 Å². The summed E-state index contributed by atoms with van der Waals surface area (Å²) in [5.41, 5.74) is 0.788. The highest BCUT2D eigenvalue weighted by Crippen LogP contribution is 2.40. The molecule has 0 bridgehead atoms. The van der Waals surface area contributed by atoms with Crippen LogP contribution in [-0.2, 0) is 10.3 Å². The van der Waals surface area contributed by atoms with E-state index in [-0.39, 0.29) is 12.3 Å². The number of aryl methyl sites for hydroxylation is 1. The Morgan fingerprint density at radius 2 is 1.78 bits per heavy atom. The molecule has 6 nitrogen and oxygen atoms in total. The van der Waals surface area contributed by atoms with E-state index < -0.39 is 17.5 Å². The molecule has 3 amide bonds. The largest absolute Gasteiger partial charge is 0.496 e. The van der Waals surface area contributed by atoms with E-state index >= 15 is 0 Å². The third-order valence-electron chi connectivity index (χ3n) is 5.13. The molecular weight excluding hydrogens is 344 g/mol. The van der Waals surface area contributed by atoms with Gasteiger partial charge in [-0.25, -0.2) is 4.79 Å². The topological polar surface area (TPSA) is 66.9 Å². The van der Waals surface area contributed by atoms with Gasteiger partial charge in [-0.2, -0.15) is 0 Å². The maximum atomic E-state index is 13.2. The molecule has 0 aliphatic carbocycles. The zero-order valence-corrected chi connectivity index (χ0v) is 15.9. The Balaban J connectivity index is 1.97. The van der Waals surface area contributed by atoms with Gasteiger partial charge in [0.15, 0.2) is 5.78 Å². The first kappa shape index (κ1) is 18.6. The number of ether oxygens (including phenoxy) is 1. The van der Waals surface area contributed by atoms with E-state index in [0.717, 1.165) is 10.5 Å². The SMILES string of the molecule is COc1cc(C)ccc1C1(C)C(=O)N(CC(=O)c2ccccc2)C(=O)N1C. The fourth-order valence-electron chi connectivity index (χ4n) is 3.36. The van der Waals surface area contributed by atoms with Crippen LogP contribution >= 0.6 is 0 Å². The number of rotatable bonds is 5. The molecule has 0 spiro atoms. The minimum Gasteiger partial charge on any atom is -0.496 e. The third kappa shape index (κ3) is 2.97. The van der Waals surface area contributed by atoms with Crippen molar-refractivity contribution in [3.8, 4) is 5.75 Å². The first-order valence-corrected chi connectivity index (χ1v) is 8.63. The van der Waals surface area contributed by atoms with Crippen molar-refractivity contribution in [2.75, 3.05) is 20.7 Å². The van der Waals surface area contributed by atoms with Crippen molar-refractivity contribution in [3.05, 3.63) is 65.2 Å². The summed E-state index contributed by atoms with van der Waals surface area (Å²) in [6, 6.07) is 13.6. The van der Waals surface area contributed by atoms with E-state index in [1.165, 1.54) is 12.0 Å². The minimum atomic E-state index is -1.24. The monoisotopic (exact) mass is 366 g/mol. The van der Waals surface area contributed by atoms with Gasteiger partial charge in [0.2, 0.25) is 0 Å². The molecule has 3 rings (SSSR count). The Kier molecular flexibility index (Phi) is 4.74. The molecule has 2 aromatic rings. The third-order valence-corrected chi connectivity index (χ3v) is 5.13. The number of amides is 3. The van der Waals surface area contributed by atoms with E-state index in [1.807, 2.05) is 19.1 Å². The van der Waals surface area contributed by atoms with Gasteiger partial charge in [0.05, 0.1) is 13.7 Å².